The molecule has 0 saturated carbocycles. The molecule has 0 saturated heterocycles. The van der Waals surface area contributed by atoms with Gasteiger partial charge >= 0.3 is 6.03 Å². The number of carbonyl (C=O) groups excluding carboxylic acids is 2. The Bertz CT molecular complexity index is 952. The number of hydrogen-bond acceptors (Lipinski definition) is 4. The lowest BCUT2D eigenvalue weighted by Crippen LogP contribution is -2.44. The van der Waals surface area contributed by atoms with Crippen molar-refractivity contribution in [1.82, 2.24) is 15.5 Å². The number of ether oxygens (including phenoxy) is 2. The van der Waals surface area contributed by atoms with Gasteiger partial charge in [0.05, 0.1) is 44.6 Å². The molecular formula is C21H21N3O4. The van der Waals surface area contributed by atoms with Crippen molar-refractivity contribution in [2.75, 3.05) is 20.8 Å². The molecule has 2 aliphatic heterocycles. The van der Waals surface area contributed by atoms with Crippen LogP contribution in [-0.2, 0) is 11.3 Å². The van der Waals surface area contributed by atoms with E-state index in [0.29, 0.717) is 30.1 Å². The molecule has 7 nitrogen and oxygen atoms in total. The molecule has 2 aliphatic rings. The summed E-state index contributed by atoms with van der Waals surface area (Å²) in [4.78, 5) is 27.0. The predicted molar refractivity (Wildman–Crippen MR) is 103 cm³/mol. The molecular weight excluding hydrogens is 358 g/mol. The van der Waals surface area contributed by atoms with E-state index in [0.717, 1.165) is 16.9 Å². The third kappa shape index (κ3) is 3.15. The fourth-order valence-corrected chi connectivity index (χ4v) is 3.64. The summed E-state index contributed by atoms with van der Waals surface area (Å²) in [5.41, 5.74) is 2.96. The van der Waals surface area contributed by atoms with E-state index >= 15 is 0 Å². The first-order valence-corrected chi connectivity index (χ1v) is 8.96. The minimum Gasteiger partial charge on any atom is -0.497 e. The molecule has 0 unspecified atom stereocenters. The summed E-state index contributed by atoms with van der Waals surface area (Å²) in [6.07, 6.45) is 0. The lowest BCUT2D eigenvalue weighted by Gasteiger charge is -2.25. The molecule has 1 atom stereocenters. The molecule has 0 aromatic heterocycles. The molecule has 28 heavy (non-hydrogen) atoms. The molecule has 4 rings (SSSR count). The molecule has 0 aliphatic carbocycles. The van der Waals surface area contributed by atoms with E-state index in [1.54, 1.807) is 19.1 Å². The highest BCUT2D eigenvalue weighted by Gasteiger charge is 2.40. The Morgan fingerprint density at radius 3 is 2.50 bits per heavy atom. The second-order valence-electron chi connectivity index (χ2n) is 6.67. The smallest absolute Gasteiger partial charge is 0.319 e. The van der Waals surface area contributed by atoms with Crippen molar-refractivity contribution < 1.29 is 19.1 Å². The fraction of sp³-hybridized carbons (Fsp3) is 0.238. The van der Waals surface area contributed by atoms with Crippen LogP contribution >= 0.6 is 0 Å². The van der Waals surface area contributed by atoms with E-state index in [2.05, 4.69) is 10.6 Å². The Morgan fingerprint density at radius 1 is 1.04 bits per heavy atom. The van der Waals surface area contributed by atoms with Crippen LogP contribution in [0.4, 0.5) is 4.79 Å². The average Bonchev–Trinajstić information content (AvgIpc) is 3.03. The van der Waals surface area contributed by atoms with Gasteiger partial charge < -0.3 is 25.0 Å². The van der Waals surface area contributed by atoms with Gasteiger partial charge in [-0.25, -0.2) is 4.79 Å². The van der Waals surface area contributed by atoms with Gasteiger partial charge in [0.15, 0.2) is 0 Å². The second kappa shape index (κ2) is 7.26. The van der Waals surface area contributed by atoms with Gasteiger partial charge in [-0.2, -0.15) is 0 Å². The number of rotatable bonds is 5. The van der Waals surface area contributed by atoms with Crippen molar-refractivity contribution in [3.63, 3.8) is 0 Å². The highest BCUT2D eigenvalue weighted by molar-refractivity contribution is 6.01. The van der Waals surface area contributed by atoms with E-state index in [1.807, 2.05) is 48.5 Å². The monoisotopic (exact) mass is 379 g/mol. The van der Waals surface area contributed by atoms with Gasteiger partial charge in [0.25, 0.3) is 5.91 Å². The second-order valence-corrected chi connectivity index (χ2v) is 6.67. The first-order valence-electron chi connectivity index (χ1n) is 8.96. The molecule has 3 amide bonds. The van der Waals surface area contributed by atoms with Gasteiger partial charge in [-0.15, -0.1) is 0 Å². The zero-order valence-corrected chi connectivity index (χ0v) is 15.7. The molecule has 0 spiro atoms. The van der Waals surface area contributed by atoms with Gasteiger partial charge in [0, 0.05) is 5.56 Å². The number of para-hydroxylation sites is 1. The van der Waals surface area contributed by atoms with Gasteiger partial charge in [-0.3, -0.25) is 4.79 Å². The lowest BCUT2D eigenvalue weighted by atomic mass is 9.96. The predicted octanol–water partition coefficient (Wildman–Crippen LogP) is 2.35. The van der Waals surface area contributed by atoms with Crippen molar-refractivity contribution in [2.45, 2.75) is 12.6 Å². The van der Waals surface area contributed by atoms with E-state index in [-0.39, 0.29) is 11.9 Å². The van der Waals surface area contributed by atoms with Crippen molar-refractivity contribution in [3.05, 3.63) is 70.9 Å². The minimum atomic E-state index is -0.496. The molecule has 2 aromatic rings. The van der Waals surface area contributed by atoms with Crippen LogP contribution in [0.1, 0.15) is 17.2 Å². The van der Waals surface area contributed by atoms with Gasteiger partial charge in [0.1, 0.15) is 11.5 Å². The summed E-state index contributed by atoms with van der Waals surface area (Å²) in [5.74, 6) is 1.34. The average molecular weight is 379 g/mol. The largest absolute Gasteiger partial charge is 0.497 e. The molecule has 0 radical (unpaired) electrons. The zero-order valence-electron chi connectivity index (χ0n) is 15.7. The maximum Gasteiger partial charge on any atom is 0.319 e. The van der Waals surface area contributed by atoms with Crippen LogP contribution in [0.2, 0.25) is 0 Å². The SMILES string of the molecule is COc1ccc([C@@H]2NC(=O)NC3=C2C(=O)N(Cc2ccccc2OC)C3)cc1. The molecule has 7 heteroatoms. The van der Waals surface area contributed by atoms with Crippen LogP contribution in [-0.4, -0.2) is 37.6 Å². The van der Waals surface area contributed by atoms with Crippen LogP contribution < -0.4 is 20.1 Å². The Kier molecular flexibility index (Phi) is 4.65. The van der Waals surface area contributed by atoms with Crippen molar-refractivity contribution in [1.29, 1.82) is 0 Å². The molecule has 2 heterocycles. The molecule has 2 aromatic carbocycles. The summed E-state index contributed by atoms with van der Waals surface area (Å²) in [6, 6.07) is 14.1. The standard InChI is InChI=1S/C21H21N3O4/c1-27-15-9-7-13(8-10-15)19-18-16(22-21(26)23-19)12-24(20(18)25)11-14-5-3-4-6-17(14)28-2/h3-10,19H,11-12H2,1-2H3,(H2,22,23,26)/t19-/m0/s1. The fourth-order valence-electron chi connectivity index (χ4n) is 3.64. The Morgan fingerprint density at radius 2 is 1.79 bits per heavy atom. The lowest BCUT2D eigenvalue weighted by molar-refractivity contribution is -0.126. The van der Waals surface area contributed by atoms with Crippen molar-refractivity contribution in [2.24, 2.45) is 0 Å². The number of hydrogen-bond donors (Lipinski definition) is 2. The van der Waals surface area contributed by atoms with Crippen LogP contribution in [0.5, 0.6) is 11.5 Å². The molecule has 144 valence electrons. The highest BCUT2D eigenvalue weighted by atomic mass is 16.5. The number of urea groups is 1. The van der Waals surface area contributed by atoms with Crippen LogP contribution in [0.3, 0.4) is 0 Å². The minimum absolute atomic E-state index is 0.103. The maximum absolute atomic E-state index is 13.2. The summed E-state index contributed by atoms with van der Waals surface area (Å²) >= 11 is 0. The zero-order chi connectivity index (χ0) is 19.7. The maximum atomic E-state index is 13.2. The Balaban J connectivity index is 1.61. The third-order valence-electron chi connectivity index (χ3n) is 5.02. The summed E-state index contributed by atoms with van der Waals surface area (Å²) in [7, 11) is 3.20. The van der Waals surface area contributed by atoms with Crippen LogP contribution in [0, 0.1) is 0 Å². The van der Waals surface area contributed by atoms with Crippen molar-refractivity contribution in [3.8, 4) is 11.5 Å². The van der Waals surface area contributed by atoms with Crippen molar-refractivity contribution >= 4 is 11.9 Å². The van der Waals surface area contributed by atoms with Gasteiger partial charge in [-0.1, -0.05) is 30.3 Å². The number of nitrogens with one attached hydrogen (secondary N) is 2. The molecule has 0 bridgehead atoms. The van der Waals surface area contributed by atoms with Gasteiger partial charge in [-0.05, 0) is 23.8 Å². The normalized spacial score (nSPS) is 18.5. The van der Waals surface area contributed by atoms with E-state index in [4.69, 9.17) is 9.47 Å². The van der Waals surface area contributed by atoms with Crippen LogP contribution in [0.15, 0.2) is 59.8 Å². The van der Waals surface area contributed by atoms with Crippen LogP contribution in [0.25, 0.3) is 0 Å². The Hall–Kier alpha value is -3.48. The number of nitrogens with zero attached hydrogens (tertiary/aromatic N) is 1. The quantitative estimate of drug-likeness (QED) is 0.836. The van der Waals surface area contributed by atoms with E-state index < -0.39 is 6.04 Å². The molecule has 0 fully saturated rings. The number of methoxy groups -OCH3 is 2. The Labute approximate surface area is 162 Å². The first-order chi connectivity index (χ1) is 13.6. The number of carbonyl (C=O) groups is 2. The summed E-state index contributed by atoms with van der Waals surface area (Å²) in [5, 5.41) is 5.64. The molecule has 2 N–H and O–H groups in total. The first kappa shape index (κ1) is 17.9. The highest BCUT2D eigenvalue weighted by Crippen LogP contribution is 2.34. The third-order valence-corrected chi connectivity index (χ3v) is 5.02. The summed E-state index contributed by atoms with van der Waals surface area (Å²) < 4.78 is 10.6. The van der Waals surface area contributed by atoms with E-state index in [1.165, 1.54) is 0 Å². The number of benzene rings is 2. The van der Waals surface area contributed by atoms with Gasteiger partial charge in [0.2, 0.25) is 0 Å². The summed E-state index contributed by atoms with van der Waals surface area (Å²) in [6.45, 7) is 0.757. The topological polar surface area (TPSA) is 79.9 Å². The number of amides is 3. The van der Waals surface area contributed by atoms with E-state index in [9.17, 15) is 9.59 Å².